The maximum atomic E-state index is 13.0. The van der Waals surface area contributed by atoms with Gasteiger partial charge in [0, 0.05) is 12.6 Å². The van der Waals surface area contributed by atoms with Crippen molar-refractivity contribution in [1.29, 1.82) is 0 Å². The lowest BCUT2D eigenvalue weighted by molar-refractivity contribution is 0.00560. The Kier molecular flexibility index (Phi) is 6.25. The summed E-state index contributed by atoms with van der Waals surface area (Å²) in [5, 5.41) is 12.8. The van der Waals surface area contributed by atoms with E-state index in [0.29, 0.717) is 13.2 Å². The van der Waals surface area contributed by atoms with E-state index in [1.807, 2.05) is 26.8 Å². The van der Waals surface area contributed by atoms with Crippen LogP contribution in [0.2, 0.25) is 0 Å². The Hall–Kier alpha value is -0.970. The van der Waals surface area contributed by atoms with Crippen molar-refractivity contribution < 1.29 is 14.2 Å². The Morgan fingerprint density at radius 2 is 2.06 bits per heavy atom. The van der Waals surface area contributed by atoms with Crippen LogP contribution in [0, 0.1) is 5.82 Å². The SMILES string of the molecule is CC(C)OCC(O)CN[C@@H](C)c1cccc(F)c1. The minimum atomic E-state index is -0.552. The molecule has 0 saturated heterocycles. The minimum absolute atomic E-state index is 0.00519. The molecule has 0 heterocycles. The second kappa shape index (κ2) is 7.46. The average molecular weight is 255 g/mol. The summed E-state index contributed by atoms with van der Waals surface area (Å²) in [4.78, 5) is 0. The summed E-state index contributed by atoms with van der Waals surface area (Å²) in [5.74, 6) is -0.246. The van der Waals surface area contributed by atoms with Gasteiger partial charge in [0.25, 0.3) is 0 Å². The van der Waals surface area contributed by atoms with E-state index in [9.17, 15) is 9.50 Å². The van der Waals surface area contributed by atoms with Crippen LogP contribution < -0.4 is 5.32 Å². The van der Waals surface area contributed by atoms with Gasteiger partial charge < -0.3 is 15.2 Å². The van der Waals surface area contributed by atoms with E-state index < -0.39 is 6.10 Å². The van der Waals surface area contributed by atoms with E-state index in [-0.39, 0.29) is 18.0 Å². The molecule has 4 heteroatoms. The molecule has 0 aromatic heterocycles. The van der Waals surface area contributed by atoms with Crippen molar-refractivity contribution in [3.63, 3.8) is 0 Å². The van der Waals surface area contributed by atoms with Gasteiger partial charge in [-0.25, -0.2) is 4.39 Å². The molecule has 0 saturated carbocycles. The smallest absolute Gasteiger partial charge is 0.123 e. The molecule has 1 unspecified atom stereocenters. The van der Waals surface area contributed by atoms with Crippen LogP contribution in [0.25, 0.3) is 0 Å². The van der Waals surface area contributed by atoms with Gasteiger partial charge in [-0.15, -0.1) is 0 Å². The number of hydrogen-bond acceptors (Lipinski definition) is 3. The fourth-order valence-corrected chi connectivity index (χ4v) is 1.57. The van der Waals surface area contributed by atoms with Crippen LogP contribution in [-0.4, -0.2) is 30.5 Å². The van der Waals surface area contributed by atoms with E-state index >= 15 is 0 Å². The van der Waals surface area contributed by atoms with Gasteiger partial charge in [-0.3, -0.25) is 0 Å². The number of nitrogens with one attached hydrogen (secondary N) is 1. The number of hydrogen-bond donors (Lipinski definition) is 2. The summed E-state index contributed by atoms with van der Waals surface area (Å²) in [5.41, 5.74) is 0.868. The predicted octanol–water partition coefficient (Wildman–Crippen LogP) is 2.26. The molecule has 0 spiro atoms. The van der Waals surface area contributed by atoms with Crippen molar-refractivity contribution >= 4 is 0 Å². The van der Waals surface area contributed by atoms with Gasteiger partial charge >= 0.3 is 0 Å². The molecule has 1 aromatic carbocycles. The maximum absolute atomic E-state index is 13.0. The minimum Gasteiger partial charge on any atom is -0.389 e. The Labute approximate surface area is 108 Å². The fourth-order valence-electron chi connectivity index (χ4n) is 1.57. The highest BCUT2D eigenvalue weighted by atomic mass is 19.1. The normalized spacial score (nSPS) is 14.8. The summed E-state index contributed by atoms with van der Waals surface area (Å²) in [6.45, 7) is 6.51. The summed E-state index contributed by atoms with van der Waals surface area (Å²) in [7, 11) is 0. The van der Waals surface area contributed by atoms with Crippen molar-refractivity contribution in [1.82, 2.24) is 5.32 Å². The van der Waals surface area contributed by atoms with Gasteiger partial charge in [-0.2, -0.15) is 0 Å². The third-order valence-corrected chi connectivity index (χ3v) is 2.63. The Balaban J connectivity index is 2.34. The second-order valence-corrected chi connectivity index (χ2v) is 4.72. The Bertz CT molecular complexity index is 357. The van der Waals surface area contributed by atoms with E-state index in [0.717, 1.165) is 5.56 Å². The van der Waals surface area contributed by atoms with E-state index in [4.69, 9.17) is 4.74 Å². The number of halogens is 1. The molecule has 102 valence electrons. The molecular weight excluding hydrogens is 233 g/mol. The zero-order chi connectivity index (χ0) is 13.5. The van der Waals surface area contributed by atoms with Crippen molar-refractivity contribution in [2.45, 2.75) is 39.0 Å². The second-order valence-electron chi connectivity index (χ2n) is 4.72. The first kappa shape index (κ1) is 15.1. The number of rotatable bonds is 7. The summed E-state index contributed by atoms with van der Waals surface area (Å²) in [6, 6.07) is 6.45. The first-order valence-corrected chi connectivity index (χ1v) is 6.27. The number of ether oxygens (including phenoxy) is 1. The highest BCUT2D eigenvalue weighted by Crippen LogP contribution is 2.13. The lowest BCUT2D eigenvalue weighted by Crippen LogP contribution is -2.32. The highest BCUT2D eigenvalue weighted by Gasteiger charge is 2.10. The van der Waals surface area contributed by atoms with Crippen LogP contribution in [0.3, 0.4) is 0 Å². The first-order valence-electron chi connectivity index (χ1n) is 6.27. The molecule has 0 radical (unpaired) electrons. The molecule has 0 aliphatic heterocycles. The first-order chi connectivity index (χ1) is 8.49. The predicted molar refractivity (Wildman–Crippen MR) is 69.9 cm³/mol. The van der Waals surface area contributed by atoms with Gasteiger partial charge in [-0.1, -0.05) is 12.1 Å². The van der Waals surface area contributed by atoms with Crippen molar-refractivity contribution in [2.24, 2.45) is 0 Å². The lowest BCUT2D eigenvalue weighted by Gasteiger charge is -2.18. The molecule has 0 fully saturated rings. The zero-order valence-corrected chi connectivity index (χ0v) is 11.2. The van der Waals surface area contributed by atoms with Gasteiger partial charge in [0.1, 0.15) is 5.82 Å². The number of aliphatic hydroxyl groups is 1. The van der Waals surface area contributed by atoms with E-state index in [1.54, 1.807) is 6.07 Å². The monoisotopic (exact) mass is 255 g/mol. The molecular formula is C14H22FNO2. The largest absolute Gasteiger partial charge is 0.389 e. The molecule has 3 nitrogen and oxygen atoms in total. The van der Waals surface area contributed by atoms with Gasteiger partial charge in [0.2, 0.25) is 0 Å². The number of aliphatic hydroxyl groups excluding tert-OH is 1. The van der Waals surface area contributed by atoms with Crippen molar-refractivity contribution in [3.8, 4) is 0 Å². The van der Waals surface area contributed by atoms with Crippen molar-refractivity contribution in [2.75, 3.05) is 13.2 Å². The van der Waals surface area contributed by atoms with E-state index in [2.05, 4.69) is 5.32 Å². The molecule has 0 aliphatic rings. The Morgan fingerprint density at radius 1 is 1.33 bits per heavy atom. The molecule has 0 amide bonds. The average Bonchev–Trinajstić information content (AvgIpc) is 2.33. The molecule has 1 rings (SSSR count). The zero-order valence-electron chi connectivity index (χ0n) is 11.2. The molecule has 0 bridgehead atoms. The summed E-state index contributed by atoms with van der Waals surface area (Å²) in [6.07, 6.45) is -0.441. The molecule has 2 atom stereocenters. The van der Waals surface area contributed by atoms with Crippen LogP contribution >= 0.6 is 0 Å². The highest BCUT2D eigenvalue weighted by molar-refractivity contribution is 5.19. The van der Waals surface area contributed by atoms with Crippen LogP contribution in [0.5, 0.6) is 0 Å². The third-order valence-electron chi connectivity index (χ3n) is 2.63. The quantitative estimate of drug-likeness (QED) is 0.785. The topological polar surface area (TPSA) is 41.5 Å². The molecule has 1 aromatic rings. The molecule has 0 aliphatic carbocycles. The third kappa shape index (κ3) is 5.58. The number of benzene rings is 1. The van der Waals surface area contributed by atoms with Crippen LogP contribution in [-0.2, 0) is 4.74 Å². The van der Waals surface area contributed by atoms with Crippen LogP contribution in [0.4, 0.5) is 4.39 Å². The van der Waals surface area contributed by atoms with Gasteiger partial charge in [-0.05, 0) is 38.5 Å². The van der Waals surface area contributed by atoms with Gasteiger partial charge in [0.05, 0.1) is 18.8 Å². The molecule has 18 heavy (non-hydrogen) atoms. The Morgan fingerprint density at radius 3 is 2.67 bits per heavy atom. The van der Waals surface area contributed by atoms with E-state index in [1.165, 1.54) is 12.1 Å². The van der Waals surface area contributed by atoms with Gasteiger partial charge in [0.15, 0.2) is 0 Å². The lowest BCUT2D eigenvalue weighted by atomic mass is 10.1. The fraction of sp³-hybridized carbons (Fsp3) is 0.571. The maximum Gasteiger partial charge on any atom is 0.123 e. The van der Waals surface area contributed by atoms with Crippen LogP contribution in [0.15, 0.2) is 24.3 Å². The standard InChI is InChI=1S/C14H22FNO2/c1-10(2)18-9-14(17)8-16-11(3)12-5-4-6-13(15)7-12/h4-7,10-11,14,16-17H,8-9H2,1-3H3/t11-,14?/m0/s1. The summed E-state index contributed by atoms with van der Waals surface area (Å²) >= 11 is 0. The van der Waals surface area contributed by atoms with Crippen LogP contribution in [0.1, 0.15) is 32.4 Å². The summed E-state index contributed by atoms with van der Waals surface area (Å²) < 4.78 is 18.3. The van der Waals surface area contributed by atoms with Crippen molar-refractivity contribution in [3.05, 3.63) is 35.6 Å². The molecule has 2 N–H and O–H groups in total.